The third-order valence-electron chi connectivity index (χ3n) is 1.90. The molecule has 1 aromatic rings. The molecular weight excluding hydrogens is 280 g/mol. The Bertz CT molecular complexity index is 576. The van der Waals surface area contributed by atoms with Gasteiger partial charge in [0.2, 0.25) is 0 Å². The summed E-state index contributed by atoms with van der Waals surface area (Å²) >= 11 is 0. The Kier molecular flexibility index (Phi) is 4.85. The lowest BCUT2D eigenvalue weighted by atomic mass is 10.1. The highest BCUT2D eigenvalue weighted by Gasteiger charge is 2.20. The highest BCUT2D eigenvalue weighted by molar-refractivity contribution is 7.86. The van der Waals surface area contributed by atoms with E-state index in [1.807, 2.05) is 0 Å². The van der Waals surface area contributed by atoms with Gasteiger partial charge in [-0.05, 0) is 5.56 Å². The van der Waals surface area contributed by atoms with Gasteiger partial charge in [-0.15, -0.1) is 0 Å². The molecule has 0 aromatic heterocycles. The Labute approximate surface area is 107 Å². The van der Waals surface area contributed by atoms with Crippen LogP contribution in [0.25, 0.3) is 0 Å². The van der Waals surface area contributed by atoms with Gasteiger partial charge in [0.15, 0.2) is 0 Å². The van der Waals surface area contributed by atoms with E-state index in [-0.39, 0.29) is 0 Å². The highest BCUT2D eigenvalue weighted by atomic mass is 32.2. The second kappa shape index (κ2) is 5.79. The maximum Gasteiger partial charge on any atom is 0.265 e. The van der Waals surface area contributed by atoms with E-state index >= 15 is 0 Å². The van der Waals surface area contributed by atoms with Crippen LogP contribution >= 0.6 is 0 Å². The molecule has 1 atom stereocenters. The molecule has 0 aliphatic rings. The van der Waals surface area contributed by atoms with Gasteiger partial charge >= 0.3 is 0 Å². The first-order chi connectivity index (χ1) is 8.17. The molecule has 1 aromatic carbocycles. The summed E-state index contributed by atoms with van der Waals surface area (Å²) in [5.74, 6) is 0. The third-order valence-corrected chi connectivity index (χ3v) is 3.04. The molecule has 1 rings (SSSR count). The molecule has 0 amide bonds. The van der Waals surface area contributed by atoms with Gasteiger partial charge in [0.05, 0.1) is 19.1 Å². The quantitative estimate of drug-likeness (QED) is 0.717. The van der Waals surface area contributed by atoms with E-state index in [0.29, 0.717) is 5.56 Å². The average Bonchev–Trinajstić information content (AvgIpc) is 2.23. The van der Waals surface area contributed by atoms with Crippen LogP contribution in [-0.2, 0) is 28.6 Å². The van der Waals surface area contributed by atoms with E-state index in [2.05, 4.69) is 4.18 Å². The fourth-order valence-corrected chi connectivity index (χ4v) is 2.20. The fourth-order valence-electron chi connectivity index (χ4n) is 1.24. The van der Waals surface area contributed by atoms with Crippen molar-refractivity contribution in [1.29, 1.82) is 0 Å². The van der Waals surface area contributed by atoms with Crippen molar-refractivity contribution in [2.45, 2.75) is 6.10 Å². The molecule has 0 unspecified atom stereocenters. The van der Waals surface area contributed by atoms with Crippen molar-refractivity contribution in [2.24, 2.45) is 0 Å². The van der Waals surface area contributed by atoms with Gasteiger partial charge in [-0.25, -0.2) is 0 Å². The van der Waals surface area contributed by atoms with Gasteiger partial charge in [-0.1, -0.05) is 30.3 Å². The minimum atomic E-state index is -3.71. The SMILES string of the molecule is CS(=O)(=O)OC[C@@H](OS(C)(=O)=O)c1ccccc1. The largest absolute Gasteiger partial charge is 0.267 e. The fraction of sp³-hybridized carbons (Fsp3) is 0.400. The first kappa shape index (κ1) is 15.1. The third kappa shape index (κ3) is 6.10. The molecule has 0 saturated carbocycles. The van der Waals surface area contributed by atoms with Crippen molar-refractivity contribution < 1.29 is 25.2 Å². The molecule has 8 heteroatoms. The van der Waals surface area contributed by atoms with Gasteiger partial charge in [0.25, 0.3) is 20.2 Å². The molecule has 0 aliphatic heterocycles. The minimum absolute atomic E-state index is 0.393. The maximum atomic E-state index is 11.1. The first-order valence-electron chi connectivity index (χ1n) is 4.95. The summed E-state index contributed by atoms with van der Waals surface area (Å²) in [6, 6.07) is 8.38. The molecule has 0 spiro atoms. The maximum absolute atomic E-state index is 11.1. The van der Waals surface area contributed by atoms with Gasteiger partial charge in [0.1, 0.15) is 6.10 Å². The van der Waals surface area contributed by atoms with Crippen LogP contribution < -0.4 is 0 Å². The smallest absolute Gasteiger partial charge is 0.265 e. The lowest BCUT2D eigenvalue weighted by Gasteiger charge is -2.15. The molecule has 6 nitrogen and oxygen atoms in total. The number of rotatable bonds is 6. The summed E-state index contributed by atoms with van der Waals surface area (Å²) in [5.41, 5.74) is 0.520. The van der Waals surface area contributed by atoms with Crippen molar-refractivity contribution in [3.63, 3.8) is 0 Å². The Balaban J connectivity index is 2.89. The van der Waals surface area contributed by atoms with Crippen LogP contribution in [0.4, 0.5) is 0 Å². The zero-order valence-electron chi connectivity index (χ0n) is 9.94. The molecule has 0 bridgehead atoms. The summed E-state index contributed by atoms with van der Waals surface area (Å²) in [5, 5.41) is 0. The minimum Gasteiger partial charge on any atom is -0.267 e. The summed E-state index contributed by atoms with van der Waals surface area (Å²) < 4.78 is 53.4. The van der Waals surface area contributed by atoms with Crippen LogP contribution in [0.5, 0.6) is 0 Å². The Morgan fingerprint density at radius 2 is 1.56 bits per heavy atom. The van der Waals surface area contributed by atoms with E-state index in [1.165, 1.54) is 0 Å². The first-order valence-corrected chi connectivity index (χ1v) is 8.58. The van der Waals surface area contributed by atoms with Crippen LogP contribution in [0.1, 0.15) is 11.7 Å². The monoisotopic (exact) mass is 294 g/mol. The molecule has 0 saturated heterocycles. The van der Waals surface area contributed by atoms with Crippen LogP contribution in [-0.4, -0.2) is 36.0 Å². The standard InChI is InChI=1S/C10H14O6S2/c1-17(11,12)15-8-10(16-18(2,13)14)9-6-4-3-5-7-9/h3-7,10H,8H2,1-2H3/t10-/m1/s1. The predicted molar refractivity (Wildman–Crippen MR) is 65.9 cm³/mol. The number of benzene rings is 1. The van der Waals surface area contributed by atoms with E-state index < -0.39 is 32.9 Å². The van der Waals surface area contributed by atoms with Crippen LogP contribution in [0.15, 0.2) is 30.3 Å². The zero-order chi connectivity index (χ0) is 13.8. The summed E-state index contributed by atoms with van der Waals surface area (Å²) in [7, 11) is -7.37. The molecule has 0 aliphatic carbocycles. The molecule has 0 fully saturated rings. The number of hydrogen-bond donors (Lipinski definition) is 0. The summed E-state index contributed by atoms with van der Waals surface area (Å²) in [6.07, 6.45) is 0.787. The van der Waals surface area contributed by atoms with Gasteiger partial charge in [-0.3, -0.25) is 8.37 Å². The van der Waals surface area contributed by atoms with Crippen LogP contribution in [0.3, 0.4) is 0 Å². The van der Waals surface area contributed by atoms with E-state index in [4.69, 9.17) is 4.18 Å². The molecule has 102 valence electrons. The molecular formula is C10H14O6S2. The molecule has 0 radical (unpaired) electrons. The van der Waals surface area contributed by atoms with Crippen molar-refractivity contribution in [2.75, 3.05) is 19.1 Å². The van der Waals surface area contributed by atoms with Gasteiger partial charge in [-0.2, -0.15) is 16.8 Å². The zero-order valence-corrected chi connectivity index (χ0v) is 11.6. The van der Waals surface area contributed by atoms with E-state index in [0.717, 1.165) is 12.5 Å². The van der Waals surface area contributed by atoms with Crippen molar-refractivity contribution in [3.05, 3.63) is 35.9 Å². The van der Waals surface area contributed by atoms with Gasteiger partial charge < -0.3 is 0 Å². The average molecular weight is 294 g/mol. The summed E-state index contributed by atoms with van der Waals surface area (Å²) in [6.45, 7) is -0.393. The van der Waals surface area contributed by atoms with Crippen LogP contribution in [0.2, 0.25) is 0 Å². The molecule has 0 N–H and O–H groups in total. The van der Waals surface area contributed by atoms with E-state index in [1.54, 1.807) is 30.3 Å². The van der Waals surface area contributed by atoms with E-state index in [9.17, 15) is 16.8 Å². The Hall–Kier alpha value is -0.960. The van der Waals surface area contributed by atoms with Crippen molar-refractivity contribution in [1.82, 2.24) is 0 Å². The Morgan fingerprint density at radius 1 is 1.00 bits per heavy atom. The Morgan fingerprint density at radius 3 is 2.00 bits per heavy atom. The summed E-state index contributed by atoms with van der Waals surface area (Å²) in [4.78, 5) is 0. The lowest BCUT2D eigenvalue weighted by Crippen LogP contribution is -2.18. The molecule has 0 heterocycles. The highest BCUT2D eigenvalue weighted by Crippen LogP contribution is 2.20. The second-order valence-corrected chi connectivity index (χ2v) is 6.93. The number of hydrogen-bond acceptors (Lipinski definition) is 6. The normalized spacial score (nSPS) is 14.3. The molecule has 18 heavy (non-hydrogen) atoms. The lowest BCUT2D eigenvalue weighted by molar-refractivity contribution is 0.141. The van der Waals surface area contributed by atoms with Crippen molar-refractivity contribution >= 4 is 20.2 Å². The van der Waals surface area contributed by atoms with Crippen LogP contribution in [0, 0.1) is 0 Å². The predicted octanol–water partition coefficient (Wildman–Crippen LogP) is 0.680. The van der Waals surface area contributed by atoms with Crippen molar-refractivity contribution in [3.8, 4) is 0 Å². The second-order valence-electron chi connectivity index (χ2n) is 3.69. The van der Waals surface area contributed by atoms with Gasteiger partial charge in [0, 0.05) is 0 Å². The topological polar surface area (TPSA) is 86.7 Å².